The van der Waals surface area contributed by atoms with Crippen LogP contribution in [0.1, 0.15) is 44.0 Å². The SMILES string of the molecule is O=C(NCCC1CC2CCC1C2)NCC(O)c1ccco1. The number of carbonyl (C=O) groups excluding carboxylic acids is 1. The van der Waals surface area contributed by atoms with Crippen LogP contribution in [-0.4, -0.2) is 24.2 Å². The Morgan fingerprint density at radius 3 is 2.95 bits per heavy atom. The molecule has 2 bridgehead atoms. The van der Waals surface area contributed by atoms with Gasteiger partial charge in [-0.05, 0) is 55.6 Å². The van der Waals surface area contributed by atoms with Gasteiger partial charge in [-0.1, -0.05) is 6.42 Å². The summed E-state index contributed by atoms with van der Waals surface area (Å²) in [6.45, 7) is 0.879. The van der Waals surface area contributed by atoms with Gasteiger partial charge in [0.05, 0.1) is 12.8 Å². The van der Waals surface area contributed by atoms with Crippen molar-refractivity contribution in [3.8, 4) is 0 Å². The number of rotatable bonds is 6. The first-order valence-corrected chi connectivity index (χ1v) is 7.95. The van der Waals surface area contributed by atoms with Crippen molar-refractivity contribution in [2.24, 2.45) is 17.8 Å². The van der Waals surface area contributed by atoms with Crippen molar-refractivity contribution >= 4 is 6.03 Å². The van der Waals surface area contributed by atoms with E-state index in [0.717, 1.165) is 30.7 Å². The third-order valence-corrected chi connectivity index (χ3v) is 5.01. The molecule has 0 aromatic carbocycles. The van der Waals surface area contributed by atoms with Crippen LogP contribution in [0, 0.1) is 17.8 Å². The van der Waals surface area contributed by atoms with Crippen LogP contribution in [0.5, 0.6) is 0 Å². The van der Waals surface area contributed by atoms with Crippen LogP contribution in [0.4, 0.5) is 4.79 Å². The second kappa shape index (κ2) is 6.52. The lowest BCUT2D eigenvalue weighted by Crippen LogP contribution is -2.38. The summed E-state index contributed by atoms with van der Waals surface area (Å²) in [4.78, 5) is 11.7. The van der Waals surface area contributed by atoms with Gasteiger partial charge in [0.2, 0.25) is 0 Å². The van der Waals surface area contributed by atoms with Crippen LogP contribution < -0.4 is 10.6 Å². The van der Waals surface area contributed by atoms with Crippen molar-refractivity contribution < 1.29 is 14.3 Å². The minimum atomic E-state index is -0.795. The van der Waals surface area contributed by atoms with E-state index in [0.29, 0.717) is 5.76 Å². The van der Waals surface area contributed by atoms with Crippen LogP contribution >= 0.6 is 0 Å². The van der Waals surface area contributed by atoms with E-state index in [-0.39, 0.29) is 12.6 Å². The fourth-order valence-electron chi connectivity index (χ4n) is 3.93. The molecule has 21 heavy (non-hydrogen) atoms. The molecule has 0 aliphatic heterocycles. The average Bonchev–Trinajstić information content (AvgIpc) is 3.21. The lowest BCUT2D eigenvalue weighted by atomic mass is 9.86. The standard InChI is InChI=1S/C16H24N2O3/c19-14(15-2-1-7-21-15)10-18-16(20)17-6-5-13-9-11-3-4-12(13)8-11/h1-2,7,11-14,19H,3-6,8-10H2,(H2,17,18,20). The molecule has 0 saturated heterocycles. The average molecular weight is 292 g/mol. The number of carbonyl (C=O) groups is 1. The number of aliphatic hydroxyl groups excluding tert-OH is 1. The topological polar surface area (TPSA) is 74.5 Å². The predicted molar refractivity (Wildman–Crippen MR) is 78.6 cm³/mol. The Balaban J connectivity index is 1.30. The van der Waals surface area contributed by atoms with E-state index in [2.05, 4.69) is 10.6 Å². The number of furan rings is 1. The first-order valence-electron chi connectivity index (χ1n) is 7.95. The molecular weight excluding hydrogens is 268 g/mol. The highest BCUT2D eigenvalue weighted by Gasteiger charge is 2.38. The Hall–Kier alpha value is -1.49. The first kappa shape index (κ1) is 14.4. The lowest BCUT2D eigenvalue weighted by Gasteiger charge is -2.21. The third-order valence-electron chi connectivity index (χ3n) is 5.01. The van der Waals surface area contributed by atoms with E-state index < -0.39 is 6.10 Å². The van der Waals surface area contributed by atoms with Crippen LogP contribution in [0.15, 0.2) is 22.8 Å². The molecule has 4 unspecified atom stereocenters. The fraction of sp³-hybridized carbons (Fsp3) is 0.688. The number of aliphatic hydroxyl groups is 1. The minimum absolute atomic E-state index is 0.160. The van der Waals surface area contributed by atoms with Gasteiger partial charge in [0.1, 0.15) is 11.9 Å². The molecule has 3 rings (SSSR count). The van der Waals surface area contributed by atoms with Crippen molar-refractivity contribution in [2.75, 3.05) is 13.1 Å². The maximum atomic E-state index is 11.7. The predicted octanol–water partition coefficient (Wildman–Crippen LogP) is 2.44. The summed E-state index contributed by atoms with van der Waals surface area (Å²) in [5.41, 5.74) is 0. The van der Waals surface area contributed by atoms with Gasteiger partial charge in [0.15, 0.2) is 0 Å². The van der Waals surface area contributed by atoms with Gasteiger partial charge in [-0.15, -0.1) is 0 Å². The maximum absolute atomic E-state index is 11.7. The van der Waals surface area contributed by atoms with Crippen LogP contribution in [0.25, 0.3) is 0 Å². The van der Waals surface area contributed by atoms with Crippen molar-refractivity contribution in [3.05, 3.63) is 24.2 Å². The molecule has 4 atom stereocenters. The smallest absolute Gasteiger partial charge is 0.314 e. The molecule has 1 aromatic rings. The highest BCUT2D eigenvalue weighted by atomic mass is 16.4. The molecule has 3 N–H and O–H groups in total. The largest absolute Gasteiger partial charge is 0.467 e. The monoisotopic (exact) mass is 292 g/mol. The molecule has 2 fully saturated rings. The van der Waals surface area contributed by atoms with Gasteiger partial charge in [0.25, 0.3) is 0 Å². The van der Waals surface area contributed by atoms with Gasteiger partial charge in [-0.3, -0.25) is 0 Å². The Morgan fingerprint density at radius 2 is 2.29 bits per heavy atom. The first-order chi connectivity index (χ1) is 10.2. The van der Waals surface area contributed by atoms with E-state index in [1.54, 1.807) is 12.1 Å². The number of fused-ring (bicyclic) bond motifs is 2. The minimum Gasteiger partial charge on any atom is -0.467 e. The molecule has 0 spiro atoms. The van der Waals surface area contributed by atoms with Crippen LogP contribution in [0.2, 0.25) is 0 Å². The zero-order valence-corrected chi connectivity index (χ0v) is 12.3. The summed E-state index contributed by atoms with van der Waals surface area (Å²) in [5.74, 6) is 3.13. The third kappa shape index (κ3) is 3.59. The number of amides is 2. The van der Waals surface area contributed by atoms with Crippen LogP contribution in [-0.2, 0) is 0 Å². The molecule has 2 aliphatic carbocycles. The second-order valence-electron chi connectivity index (χ2n) is 6.39. The zero-order valence-electron chi connectivity index (χ0n) is 12.3. The summed E-state index contributed by atoms with van der Waals surface area (Å²) in [6.07, 6.45) is 7.35. The molecule has 2 aliphatic rings. The summed E-state index contributed by atoms with van der Waals surface area (Å²) >= 11 is 0. The molecule has 1 heterocycles. The Bertz CT molecular complexity index is 460. The Morgan fingerprint density at radius 1 is 1.38 bits per heavy atom. The second-order valence-corrected chi connectivity index (χ2v) is 6.39. The number of hydrogen-bond acceptors (Lipinski definition) is 3. The van der Waals surface area contributed by atoms with Gasteiger partial charge in [-0.2, -0.15) is 0 Å². The van der Waals surface area contributed by atoms with Gasteiger partial charge in [-0.25, -0.2) is 4.79 Å². The molecule has 0 radical (unpaired) electrons. The summed E-state index contributed by atoms with van der Waals surface area (Å²) in [6, 6.07) is 3.19. The Kier molecular flexibility index (Phi) is 4.48. The summed E-state index contributed by atoms with van der Waals surface area (Å²) in [7, 11) is 0. The lowest BCUT2D eigenvalue weighted by molar-refractivity contribution is 0.148. The normalized spacial score (nSPS) is 28.5. The molecule has 5 nitrogen and oxygen atoms in total. The molecule has 5 heteroatoms. The van der Waals surface area contributed by atoms with E-state index in [4.69, 9.17) is 4.42 Å². The Labute approximate surface area is 125 Å². The number of hydrogen-bond donors (Lipinski definition) is 3. The van der Waals surface area contributed by atoms with Crippen molar-refractivity contribution in [1.82, 2.24) is 10.6 Å². The highest BCUT2D eigenvalue weighted by molar-refractivity contribution is 5.73. The summed E-state index contributed by atoms with van der Waals surface area (Å²) in [5, 5.41) is 15.3. The molecule has 2 saturated carbocycles. The molecule has 1 aromatic heterocycles. The van der Waals surface area contributed by atoms with Gasteiger partial charge < -0.3 is 20.2 Å². The quantitative estimate of drug-likeness (QED) is 0.754. The van der Waals surface area contributed by atoms with E-state index in [1.165, 1.54) is 31.9 Å². The fourth-order valence-corrected chi connectivity index (χ4v) is 3.93. The van der Waals surface area contributed by atoms with Crippen LogP contribution in [0.3, 0.4) is 0 Å². The number of urea groups is 1. The van der Waals surface area contributed by atoms with Crippen molar-refractivity contribution in [1.29, 1.82) is 0 Å². The molecular formula is C16H24N2O3. The molecule has 2 amide bonds. The molecule has 116 valence electrons. The van der Waals surface area contributed by atoms with Crippen molar-refractivity contribution in [3.63, 3.8) is 0 Å². The zero-order chi connectivity index (χ0) is 14.7. The van der Waals surface area contributed by atoms with E-state index in [9.17, 15) is 9.90 Å². The summed E-state index contributed by atoms with van der Waals surface area (Å²) < 4.78 is 5.08. The number of nitrogens with one attached hydrogen (secondary N) is 2. The van der Waals surface area contributed by atoms with Gasteiger partial charge >= 0.3 is 6.03 Å². The van der Waals surface area contributed by atoms with E-state index >= 15 is 0 Å². The van der Waals surface area contributed by atoms with Gasteiger partial charge in [0, 0.05) is 6.54 Å². The highest BCUT2D eigenvalue weighted by Crippen LogP contribution is 2.49. The maximum Gasteiger partial charge on any atom is 0.314 e. The van der Waals surface area contributed by atoms with Crippen molar-refractivity contribution in [2.45, 2.75) is 38.2 Å². The van der Waals surface area contributed by atoms with E-state index in [1.807, 2.05) is 0 Å².